The molecule has 2 heterocycles. The van der Waals surface area contributed by atoms with Gasteiger partial charge in [0.2, 0.25) is 0 Å². The molecule has 0 bridgehead atoms. The number of rotatable bonds is 7. The summed E-state index contributed by atoms with van der Waals surface area (Å²) in [6.07, 6.45) is 1.78. The van der Waals surface area contributed by atoms with Crippen LogP contribution in [0, 0.1) is 0 Å². The Balaban J connectivity index is 2.07. The number of fused-ring (bicyclic) bond motifs is 1. The Morgan fingerprint density at radius 3 is 2.76 bits per heavy atom. The van der Waals surface area contributed by atoms with Gasteiger partial charge in [0.1, 0.15) is 0 Å². The molecule has 0 radical (unpaired) electrons. The van der Waals surface area contributed by atoms with E-state index in [2.05, 4.69) is 5.10 Å². The van der Waals surface area contributed by atoms with Crippen LogP contribution < -0.4 is 5.69 Å². The third-order valence-corrected chi connectivity index (χ3v) is 3.43. The summed E-state index contributed by atoms with van der Waals surface area (Å²) in [5.41, 5.74) is 0.441. The van der Waals surface area contributed by atoms with Gasteiger partial charge in [-0.3, -0.25) is 14.1 Å². The van der Waals surface area contributed by atoms with Crippen LogP contribution in [0.1, 0.15) is 20.3 Å². The van der Waals surface area contributed by atoms with Crippen LogP contribution in [0.4, 0.5) is 0 Å². The van der Waals surface area contributed by atoms with E-state index >= 15 is 0 Å². The molecule has 0 spiro atoms. The molecule has 0 saturated heterocycles. The minimum Gasteiger partial charge on any atom is -0.481 e. The van der Waals surface area contributed by atoms with Crippen LogP contribution in [0.5, 0.6) is 0 Å². The summed E-state index contributed by atoms with van der Waals surface area (Å²) in [6.45, 7) is 5.52. The van der Waals surface area contributed by atoms with Gasteiger partial charge in [0, 0.05) is 25.3 Å². The summed E-state index contributed by atoms with van der Waals surface area (Å²) in [4.78, 5) is 24.8. The van der Waals surface area contributed by atoms with Gasteiger partial charge in [-0.25, -0.2) is 9.48 Å². The van der Waals surface area contributed by atoms with Crippen LogP contribution in [0.25, 0.3) is 5.65 Å². The van der Waals surface area contributed by atoms with Crippen molar-refractivity contribution in [2.75, 3.05) is 13.1 Å². The Hall–Kier alpha value is -2.15. The van der Waals surface area contributed by atoms with Gasteiger partial charge in [0.25, 0.3) is 0 Å². The van der Waals surface area contributed by atoms with Crippen LogP contribution in [0.2, 0.25) is 0 Å². The second-order valence-electron chi connectivity index (χ2n) is 5.21. The van der Waals surface area contributed by atoms with Gasteiger partial charge >= 0.3 is 11.7 Å². The number of nitrogens with zero attached hydrogens (tertiary/aromatic N) is 4. The highest BCUT2D eigenvalue weighted by Crippen LogP contribution is 2.01. The average Bonchev–Trinajstić information content (AvgIpc) is 2.75. The molecule has 114 valence electrons. The van der Waals surface area contributed by atoms with Crippen LogP contribution in [0.15, 0.2) is 29.2 Å². The number of hydrogen-bond acceptors (Lipinski definition) is 4. The first-order valence-electron chi connectivity index (χ1n) is 6.99. The number of aromatic nitrogens is 3. The number of carbonyl (C=O) groups is 1. The molecule has 1 N–H and O–H groups in total. The first-order chi connectivity index (χ1) is 9.99. The van der Waals surface area contributed by atoms with E-state index in [4.69, 9.17) is 5.11 Å². The zero-order valence-corrected chi connectivity index (χ0v) is 12.3. The largest absolute Gasteiger partial charge is 0.481 e. The molecule has 21 heavy (non-hydrogen) atoms. The minimum absolute atomic E-state index is 0.0955. The molecule has 0 atom stereocenters. The molecular weight excluding hydrogens is 272 g/mol. The molecule has 2 rings (SSSR count). The summed E-state index contributed by atoms with van der Waals surface area (Å²) < 4.78 is 2.92. The molecule has 0 aromatic carbocycles. The van der Waals surface area contributed by atoms with E-state index in [0.717, 1.165) is 0 Å². The normalized spacial score (nSPS) is 11.6. The molecule has 0 fully saturated rings. The fourth-order valence-corrected chi connectivity index (χ4v) is 2.20. The van der Waals surface area contributed by atoms with Crippen molar-refractivity contribution in [3.63, 3.8) is 0 Å². The highest BCUT2D eigenvalue weighted by Gasteiger charge is 2.13. The third kappa shape index (κ3) is 3.69. The van der Waals surface area contributed by atoms with E-state index in [-0.39, 0.29) is 18.2 Å². The Morgan fingerprint density at radius 2 is 2.14 bits per heavy atom. The van der Waals surface area contributed by atoms with Gasteiger partial charge in [-0.1, -0.05) is 6.07 Å². The smallest absolute Gasteiger partial charge is 0.350 e. The van der Waals surface area contributed by atoms with Crippen molar-refractivity contribution >= 4 is 11.6 Å². The lowest BCUT2D eigenvalue weighted by atomic mass is 10.3. The maximum atomic E-state index is 12.1. The Bertz CT molecular complexity index is 674. The first-order valence-corrected chi connectivity index (χ1v) is 6.99. The zero-order valence-electron chi connectivity index (χ0n) is 12.3. The molecule has 0 unspecified atom stereocenters. The average molecular weight is 292 g/mol. The quantitative estimate of drug-likeness (QED) is 0.812. The van der Waals surface area contributed by atoms with Gasteiger partial charge in [-0.2, -0.15) is 0 Å². The molecule has 0 amide bonds. The lowest BCUT2D eigenvalue weighted by Gasteiger charge is -2.25. The molecule has 7 heteroatoms. The van der Waals surface area contributed by atoms with Crippen LogP contribution in [-0.4, -0.2) is 49.3 Å². The van der Waals surface area contributed by atoms with Crippen molar-refractivity contribution in [1.82, 2.24) is 19.1 Å². The zero-order chi connectivity index (χ0) is 15.4. The fraction of sp³-hybridized carbons (Fsp3) is 0.500. The van der Waals surface area contributed by atoms with Gasteiger partial charge in [-0.05, 0) is 26.0 Å². The monoisotopic (exact) mass is 292 g/mol. The number of aliphatic carboxylic acids is 1. The predicted octanol–water partition coefficient (Wildman–Crippen LogP) is 0.681. The maximum Gasteiger partial charge on any atom is 0.350 e. The van der Waals surface area contributed by atoms with Gasteiger partial charge in [-0.15, -0.1) is 5.10 Å². The lowest BCUT2D eigenvalue weighted by molar-refractivity contribution is -0.137. The first kappa shape index (κ1) is 15.2. The molecule has 0 aliphatic carbocycles. The summed E-state index contributed by atoms with van der Waals surface area (Å²) in [5, 5.41) is 13.0. The molecule has 0 aliphatic heterocycles. The van der Waals surface area contributed by atoms with Gasteiger partial charge in [0.05, 0.1) is 13.0 Å². The second kappa shape index (κ2) is 6.53. The molecule has 0 saturated carbocycles. The van der Waals surface area contributed by atoms with Crippen molar-refractivity contribution < 1.29 is 9.90 Å². The highest BCUT2D eigenvalue weighted by molar-refractivity contribution is 5.66. The van der Waals surface area contributed by atoms with Crippen molar-refractivity contribution in [2.45, 2.75) is 32.9 Å². The number of pyridine rings is 1. The summed E-state index contributed by atoms with van der Waals surface area (Å²) in [6, 6.07) is 5.62. The lowest BCUT2D eigenvalue weighted by Crippen LogP contribution is -2.37. The fourth-order valence-electron chi connectivity index (χ4n) is 2.20. The van der Waals surface area contributed by atoms with E-state index in [1.807, 2.05) is 24.8 Å². The number of carboxylic acids is 1. The van der Waals surface area contributed by atoms with Crippen molar-refractivity contribution in [1.29, 1.82) is 0 Å². The van der Waals surface area contributed by atoms with E-state index < -0.39 is 5.97 Å². The molecule has 2 aromatic rings. The maximum absolute atomic E-state index is 12.1. The van der Waals surface area contributed by atoms with E-state index in [0.29, 0.717) is 25.3 Å². The van der Waals surface area contributed by atoms with E-state index in [1.165, 1.54) is 9.08 Å². The predicted molar refractivity (Wildman–Crippen MR) is 78.4 cm³/mol. The van der Waals surface area contributed by atoms with Gasteiger partial charge < -0.3 is 5.11 Å². The van der Waals surface area contributed by atoms with E-state index in [9.17, 15) is 9.59 Å². The number of carboxylic acid groups (broad SMARTS) is 1. The summed E-state index contributed by atoms with van der Waals surface area (Å²) >= 11 is 0. The topological polar surface area (TPSA) is 79.8 Å². The van der Waals surface area contributed by atoms with E-state index in [1.54, 1.807) is 18.3 Å². The van der Waals surface area contributed by atoms with Gasteiger partial charge in [0.15, 0.2) is 5.65 Å². The summed E-state index contributed by atoms with van der Waals surface area (Å²) in [5.74, 6) is -0.814. The molecule has 0 aliphatic rings. The Morgan fingerprint density at radius 1 is 1.38 bits per heavy atom. The number of hydrogen-bond donors (Lipinski definition) is 1. The van der Waals surface area contributed by atoms with Crippen LogP contribution in [0.3, 0.4) is 0 Å². The highest BCUT2D eigenvalue weighted by atomic mass is 16.4. The third-order valence-electron chi connectivity index (χ3n) is 3.43. The van der Waals surface area contributed by atoms with Crippen LogP contribution >= 0.6 is 0 Å². The van der Waals surface area contributed by atoms with Crippen molar-refractivity contribution in [2.24, 2.45) is 0 Å². The molecular formula is C14H20N4O3. The van der Waals surface area contributed by atoms with Crippen molar-refractivity contribution in [3.8, 4) is 0 Å². The van der Waals surface area contributed by atoms with Crippen molar-refractivity contribution in [3.05, 3.63) is 34.9 Å². The standard InChI is InChI=1S/C14H20N4O3/c1-11(2)16(8-6-13(19)20)9-10-18-14(21)17-7-4-3-5-12(17)15-18/h3-5,7,11H,6,8-10H2,1-2H3,(H,19,20). The molecule has 7 nitrogen and oxygen atoms in total. The SMILES string of the molecule is CC(C)N(CCC(=O)O)CCn1nc2ccccn2c1=O. The molecule has 2 aromatic heterocycles. The summed E-state index contributed by atoms with van der Waals surface area (Å²) in [7, 11) is 0. The Kier molecular flexibility index (Phi) is 4.74. The second-order valence-corrected chi connectivity index (χ2v) is 5.21. The Labute approximate surface area is 122 Å². The minimum atomic E-state index is -0.814. The van der Waals surface area contributed by atoms with Crippen LogP contribution in [-0.2, 0) is 11.3 Å².